The molecule has 0 amide bonds. The van der Waals surface area contributed by atoms with Crippen molar-refractivity contribution < 1.29 is 4.74 Å². The van der Waals surface area contributed by atoms with Crippen LogP contribution in [0.25, 0.3) is 0 Å². The van der Waals surface area contributed by atoms with Crippen molar-refractivity contribution in [3.8, 4) is 0 Å². The molecular weight excluding hydrogens is 262 g/mol. The van der Waals surface area contributed by atoms with Crippen molar-refractivity contribution in [2.24, 2.45) is 5.92 Å². The molecule has 110 valence electrons. The Kier molecular flexibility index (Phi) is 4.92. The van der Waals surface area contributed by atoms with Crippen LogP contribution in [0.5, 0.6) is 0 Å². The lowest BCUT2D eigenvalue weighted by Crippen LogP contribution is -2.30. The van der Waals surface area contributed by atoms with Gasteiger partial charge in [-0.15, -0.1) is 0 Å². The standard InChI is InChI=1S/C17H21N3O/c1-3-7-18-16(5-1)11-15-12-20(9-10-21-14-15)13-17-6-2-4-8-19-17/h1-8,15H,9-14H2. The third-order valence-corrected chi connectivity index (χ3v) is 3.76. The van der Waals surface area contributed by atoms with Crippen LogP contribution in [0.1, 0.15) is 11.4 Å². The molecule has 1 aliphatic rings. The van der Waals surface area contributed by atoms with Crippen LogP contribution in [0.3, 0.4) is 0 Å². The Morgan fingerprint density at radius 2 is 1.81 bits per heavy atom. The van der Waals surface area contributed by atoms with E-state index in [0.29, 0.717) is 5.92 Å². The zero-order valence-corrected chi connectivity index (χ0v) is 12.2. The van der Waals surface area contributed by atoms with Gasteiger partial charge in [0.15, 0.2) is 0 Å². The van der Waals surface area contributed by atoms with Gasteiger partial charge in [-0.25, -0.2) is 0 Å². The van der Waals surface area contributed by atoms with Gasteiger partial charge in [-0.2, -0.15) is 0 Å². The van der Waals surface area contributed by atoms with E-state index in [-0.39, 0.29) is 0 Å². The fraction of sp³-hybridized carbons (Fsp3) is 0.412. The summed E-state index contributed by atoms with van der Waals surface area (Å²) in [4.78, 5) is 11.3. The molecule has 2 aromatic heterocycles. The summed E-state index contributed by atoms with van der Waals surface area (Å²) >= 11 is 0. The van der Waals surface area contributed by atoms with Crippen LogP contribution in [-0.4, -0.2) is 41.2 Å². The minimum absolute atomic E-state index is 0.492. The van der Waals surface area contributed by atoms with Gasteiger partial charge >= 0.3 is 0 Å². The van der Waals surface area contributed by atoms with Crippen LogP contribution in [0.15, 0.2) is 48.8 Å². The molecule has 0 aliphatic carbocycles. The Bertz CT molecular complexity index is 483. The fourth-order valence-corrected chi connectivity index (χ4v) is 2.76. The van der Waals surface area contributed by atoms with Gasteiger partial charge in [-0.05, 0) is 30.7 Å². The van der Waals surface area contributed by atoms with Crippen LogP contribution in [0, 0.1) is 5.92 Å². The van der Waals surface area contributed by atoms with Crippen LogP contribution in [0.4, 0.5) is 0 Å². The number of hydrogen-bond acceptors (Lipinski definition) is 4. The highest BCUT2D eigenvalue weighted by molar-refractivity contribution is 5.05. The molecule has 0 bridgehead atoms. The van der Waals surface area contributed by atoms with Crippen molar-refractivity contribution in [1.29, 1.82) is 0 Å². The molecule has 0 radical (unpaired) electrons. The third-order valence-electron chi connectivity index (χ3n) is 3.76. The molecule has 4 nitrogen and oxygen atoms in total. The van der Waals surface area contributed by atoms with E-state index in [1.807, 2.05) is 36.7 Å². The maximum atomic E-state index is 5.76. The number of hydrogen-bond donors (Lipinski definition) is 0. The predicted molar refractivity (Wildman–Crippen MR) is 81.8 cm³/mol. The molecule has 3 heterocycles. The van der Waals surface area contributed by atoms with E-state index in [1.54, 1.807) is 0 Å². The molecule has 4 heteroatoms. The molecule has 1 saturated heterocycles. The molecule has 0 aromatic carbocycles. The van der Waals surface area contributed by atoms with Crippen molar-refractivity contribution >= 4 is 0 Å². The topological polar surface area (TPSA) is 38.2 Å². The van der Waals surface area contributed by atoms with E-state index >= 15 is 0 Å². The molecule has 1 fully saturated rings. The molecule has 1 unspecified atom stereocenters. The lowest BCUT2D eigenvalue weighted by Gasteiger charge is -2.22. The van der Waals surface area contributed by atoms with Gasteiger partial charge in [0, 0.05) is 43.6 Å². The van der Waals surface area contributed by atoms with Crippen molar-refractivity contribution in [1.82, 2.24) is 14.9 Å². The maximum absolute atomic E-state index is 5.76. The lowest BCUT2D eigenvalue weighted by molar-refractivity contribution is 0.121. The highest BCUT2D eigenvalue weighted by Gasteiger charge is 2.19. The summed E-state index contributed by atoms with van der Waals surface area (Å²) in [6, 6.07) is 12.2. The summed E-state index contributed by atoms with van der Waals surface area (Å²) in [5.41, 5.74) is 2.27. The van der Waals surface area contributed by atoms with Gasteiger partial charge < -0.3 is 4.74 Å². The zero-order valence-electron chi connectivity index (χ0n) is 12.2. The predicted octanol–water partition coefficient (Wildman–Crippen LogP) is 2.17. The molecule has 1 atom stereocenters. The quantitative estimate of drug-likeness (QED) is 0.862. The van der Waals surface area contributed by atoms with Gasteiger partial charge in [0.05, 0.1) is 18.9 Å². The largest absolute Gasteiger partial charge is 0.380 e. The highest BCUT2D eigenvalue weighted by atomic mass is 16.5. The Balaban J connectivity index is 1.61. The summed E-state index contributed by atoms with van der Waals surface area (Å²) in [7, 11) is 0. The van der Waals surface area contributed by atoms with E-state index in [9.17, 15) is 0 Å². The van der Waals surface area contributed by atoms with E-state index in [4.69, 9.17) is 4.74 Å². The smallest absolute Gasteiger partial charge is 0.0593 e. The van der Waals surface area contributed by atoms with Crippen molar-refractivity contribution in [3.63, 3.8) is 0 Å². The van der Waals surface area contributed by atoms with E-state index in [1.165, 1.54) is 0 Å². The van der Waals surface area contributed by atoms with E-state index < -0.39 is 0 Å². The van der Waals surface area contributed by atoms with E-state index in [0.717, 1.165) is 50.7 Å². The average molecular weight is 283 g/mol. The molecule has 2 aromatic rings. The summed E-state index contributed by atoms with van der Waals surface area (Å²) < 4.78 is 5.76. The fourth-order valence-electron chi connectivity index (χ4n) is 2.76. The minimum Gasteiger partial charge on any atom is -0.380 e. The van der Waals surface area contributed by atoms with Crippen LogP contribution in [0.2, 0.25) is 0 Å². The van der Waals surface area contributed by atoms with Crippen LogP contribution in [-0.2, 0) is 17.7 Å². The van der Waals surface area contributed by atoms with Gasteiger partial charge in [0.1, 0.15) is 0 Å². The summed E-state index contributed by atoms with van der Waals surface area (Å²) in [6.45, 7) is 4.51. The Labute approximate surface area is 125 Å². The average Bonchev–Trinajstić information content (AvgIpc) is 2.74. The molecule has 1 aliphatic heterocycles. The second-order valence-electron chi connectivity index (χ2n) is 5.52. The first kappa shape index (κ1) is 14.2. The minimum atomic E-state index is 0.492. The first-order valence-electron chi connectivity index (χ1n) is 7.50. The molecular formula is C17H21N3O. The normalized spacial score (nSPS) is 20.1. The molecule has 0 spiro atoms. The van der Waals surface area contributed by atoms with Crippen LogP contribution < -0.4 is 0 Å². The lowest BCUT2D eigenvalue weighted by atomic mass is 10.0. The monoisotopic (exact) mass is 283 g/mol. The first-order chi connectivity index (χ1) is 10.4. The molecule has 21 heavy (non-hydrogen) atoms. The van der Waals surface area contributed by atoms with Gasteiger partial charge in [-0.3, -0.25) is 14.9 Å². The number of aromatic nitrogens is 2. The second kappa shape index (κ2) is 7.29. The van der Waals surface area contributed by atoms with Crippen molar-refractivity contribution in [2.45, 2.75) is 13.0 Å². The molecule has 3 rings (SSSR count). The first-order valence-corrected chi connectivity index (χ1v) is 7.50. The van der Waals surface area contributed by atoms with Gasteiger partial charge in [0.2, 0.25) is 0 Å². The Morgan fingerprint density at radius 1 is 1.05 bits per heavy atom. The number of rotatable bonds is 4. The Hall–Kier alpha value is -1.78. The summed E-state index contributed by atoms with van der Waals surface area (Å²) in [5.74, 6) is 0.492. The maximum Gasteiger partial charge on any atom is 0.0593 e. The van der Waals surface area contributed by atoms with Crippen molar-refractivity contribution in [2.75, 3.05) is 26.3 Å². The van der Waals surface area contributed by atoms with E-state index in [2.05, 4.69) is 27.0 Å². The molecule has 0 saturated carbocycles. The summed E-state index contributed by atoms with van der Waals surface area (Å²) in [5, 5.41) is 0. The number of pyridine rings is 2. The van der Waals surface area contributed by atoms with Crippen LogP contribution >= 0.6 is 0 Å². The Morgan fingerprint density at radius 3 is 2.52 bits per heavy atom. The van der Waals surface area contributed by atoms with Crippen molar-refractivity contribution in [3.05, 3.63) is 60.2 Å². The number of ether oxygens (including phenoxy) is 1. The third kappa shape index (κ3) is 4.34. The SMILES string of the molecule is c1ccc(CC2COCCN(Cc3ccccn3)C2)nc1. The summed E-state index contributed by atoms with van der Waals surface area (Å²) in [6.07, 6.45) is 4.69. The van der Waals surface area contributed by atoms with Gasteiger partial charge in [0.25, 0.3) is 0 Å². The zero-order chi connectivity index (χ0) is 14.3. The van der Waals surface area contributed by atoms with Gasteiger partial charge in [-0.1, -0.05) is 12.1 Å². The number of nitrogens with zero attached hydrogens (tertiary/aromatic N) is 3. The molecule has 0 N–H and O–H groups in total. The second-order valence-corrected chi connectivity index (χ2v) is 5.52. The highest BCUT2D eigenvalue weighted by Crippen LogP contribution is 2.14.